The van der Waals surface area contributed by atoms with Gasteiger partial charge >= 0.3 is 0 Å². The Hall–Kier alpha value is -0.470. The molecule has 0 heterocycles. The molecular weight excluding hydrogens is 262 g/mol. The van der Waals surface area contributed by atoms with Crippen LogP contribution in [0.4, 0.5) is 0 Å². The number of rotatable bonds is 11. The van der Waals surface area contributed by atoms with Crippen molar-refractivity contribution in [2.75, 3.05) is 5.75 Å². The lowest BCUT2D eigenvalue weighted by Crippen LogP contribution is -2.04. The van der Waals surface area contributed by atoms with E-state index in [1.54, 1.807) is 0 Å². The second-order valence-electron chi connectivity index (χ2n) is 5.68. The summed E-state index contributed by atoms with van der Waals surface area (Å²) in [6.07, 6.45) is 11.2. The van der Waals surface area contributed by atoms with Crippen LogP contribution >= 0.6 is 11.8 Å². The summed E-state index contributed by atoms with van der Waals surface area (Å²) in [5, 5.41) is 0. The van der Waals surface area contributed by atoms with E-state index in [-0.39, 0.29) is 6.04 Å². The van der Waals surface area contributed by atoms with Gasteiger partial charge in [0.25, 0.3) is 0 Å². The van der Waals surface area contributed by atoms with Gasteiger partial charge in [-0.15, -0.1) is 11.8 Å². The second kappa shape index (κ2) is 11.2. The zero-order valence-corrected chi connectivity index (χ0v) is 14.1. The summed E-state index contributed by atoms with van der Waals surface area (Å²) in [6.45, 7) is 4.32. The minimum Gasteiger partial charge on any atom is -0.324 e. The van der Waals surface area contributed by atoms with Gasteiger partial charge in [-0.3, -0.25) is 0 Å². The topological polar surface area (TPSA) is 26.0 Å². The highest BCUT2D eigenvalue weighted by Gasteiger charge is 2.01. The van der Waals surface area contributed by atoms with Gasteiger partial charge in [0.1, 0.15) is 0 Å². The van der Waals surface area contributed by atoms with Crippen molar-refractivity contribution in [1.82, 2.24) is 0 Å². The number of nitrogens with two attached hydrogens (primary N) is 1. The fourth-order valence-corrected chi connectivity index (χ4v) is 3.29. The summed E-state index contributed by atoms with van der Waals surface area (Å²) >= 11 is 1.97. The molecule has 2 heteroatoms. The van der Waals surface area contributed by atoms with E-state index < -0.39 is 0 Å². The van der Waals surface area contributed by atoms with Gasteiger partial charge in [0.05, 0.1) is 0 Å². The molecule has 1 aromatic rings. The predicted octanol–water partition coefficient (Wildman–Crippen LogP) is 5.94. The molecule has 0 bridgehead atoms. The molecule has 0 amide bonds. The van der Waals surface area contributed by atoms with Crippen molar-refractivity contribution in [3.8, 4) is 0 Å². The average molecular weight is 294 g/mol. The minimum atomic E-state index is 0.138. The Bertz CT molecular complexity index is 349. The molecule has 0 saturated carbocycles. The number of unbranched alkanes of at least 4 members (excludes halogenated alkanes) is 7. The molecule has 0 fully saturated rings. The third-order valence-electron chi connectivity index (χ3n) is 3.65. The van der Waals surface area contributed by atoms with Crippen molar-refractivity contribution in [2.45, 2.75) is 76.2 Å². The standard InChI is InChI=1S/C18H31NS/c1-3-4-5-6-7-8-9-10-14-20-18-13-11-12-17(15-18)16(2)19/h11-13,15-16H,3-10,14,19H2,1-2H3. The molecule has 2 N–H and O–H groups in total. The first-order valence-electron chi connectivity index (χ1n) is 8.22. The molecule has 0 aliphatic carbocycles. The molecule has 114 valence electrons. The fraction of sp³-hybridized carbons (Fsp3) is 0.667. The summed E-state index contributed by atoms with van der Waals surface area (Å²) in [4.78, 5) is 1.36. The zero-order chi connectivity index (χ0) is 14.6. The molecule has 1 aromatic carbocycles. The summed E-state index contributed by atoms with van der Waals surface area (Å²) in [5.41, 5.74) is 7.16. The van der Waals surface area contributed by atoms with E-state index >= 15 is 0 Å². The smallest absolute Gasteiger partial charge is 0.0266 e. The fourth-order valence-electron chi connectivity index (χ4n) is 2.31. The Morgan fingerprint density at radius 1 is 1.00 bits per heavy atom. The van der Waals surface area contributed by atoms with Gasteiger partial charge in [-0.1, -0.05) is 64.0 Å². The summed E-state index contributed by atoms with van der Waals surface area (Å²) < 4.78 is 0. The first-order valence-corrected chi connectivity index (χ1v) is 9.21. The van der Waals surface area contributed by atoms with Crippen LogP contribution in [0.5, 0.6) is 0 Å². The quantitative estimate of drug-likeness (QED) is 0.403. The van der Waals surface area contributed by atoms with E-state index in [2.05, 4.69) is 31.2 Å². The number of hydrogen-bond acceptors (Lipinski definition) is 2. The van der Waals surface area contributed by atoms with E-state index in [0.717, 1.165) is 0 Å². The van der Waals surface area contributed by atoms with Crippen molar-refractivity contribution < 1.29 is 0 Å². The molecule has 0 aliphatic rings. The molecule has 0 radical (unpaired) electrons. The van der Waals surface area contributed by atoms with Crippen molar-refractivity contribution >= 4 is 11.8 Å². The molecule has 0 aromatic heterocycles. The monoisotopic (exact) mass is 293 g/mol. The maximum Gasteiger partial charge on any atom is 0.0266 e. The van der Waals surface area contributed by atoms with Crippen LogP contribution in [0.3, 0.4) is 0 Å². The average Bonchev–Trinajstić information content (AvgIpc) is 2.46. The first-order chi connectivity index (χ1) is 9.74. The van der Waals surface area contributed by atoms with Crippen LogP contribution in [0.15, 0.2) is 29.2 Å². The summed E-state index contributed by atoms with van der Waals surface area (Å²) in [6, 6.07) is 8.81. The Kier molecular flexibility index (Phi) is 9.86. The lowest BCUT2D eigenvalue weighted by atomic mass is 10.1. The van der Waals surface area contributed by atoms with Gasteiger partial charge in [-0.25, -0.2) is 0 Å². The lowest BCUT2D eigenvalue weighted by Gasteiger charge is -2.08. The molecule has 1 unspecified atom stereocenters. The molecule has 0 aliphatic heterocycles. The number of benzene rings is 1. The Morgan fingerprint density at radius 3 is 2.30 bits per heavy atom. The number of thioether (sulfide) groups is 1. The van der Waals surface area contributed by atoms with Gasteiger partial charge in [-0.2, -0.15) is 0 Å². The Morgan fingerprint density at radius 2 is 1.65 bits per heavy atom. The predicted molar refractivity (Wildman–Crippen MR) is 92.4 cm³/mol. The lowest BCUT2D eigenvalue weighted by molar-refractivity contribution is 0.586. The van der Waals surface area contributed by atoms with Crippen LogP contribution in [0.25, 0.3) is 0 Å². The molecular formula is C18H31NS. The highest BCUT2D eigenvalue weighted by molar-refractivity contribution is 7.99. The summed E-state index contributed by atoms with van der Waals surface area (Å²) in [5.74, 6) is 1.23. The maximum atomic E-state index is 5.92. The highest BCUT2D eigenvalue weighted by Crippen LogP contribution is 2.23. The van der Waals surface area contributed by atoms with Crippen LogP contribution < -0.4 is 5.73 Å². The Balaban J connectivity index is 2.05. The number of hydrogen-bond donors (Lipinski definition) is 1. The van der Waals surface area contributed by atoms with Crippen LogP contribution in [-0.4, -0.2) is 5.75 Å². The molecule has 1 atom stereocenters. The van der Waals surface area contributed by atoms with Gasteiger partial charge in [0, 0.05) is 10.9 Å². The molecule has 1 nitrogen and oxygen atoms in total. The maximum absolute atomic E-state index is 5.92. The van der Waals surface area contributed by atoms with E-state index in [0.29, 0.717) is 0 Å². The molecule has 1 rings (SSSR count). The SMILES string of the molecule is CCCCCCCCCCSc1cccc(C(C)N)c1. The van der Waals surface area contributed by atoms with Crippen molar-refractivity contribution in [3.63, 3.8) is 0 Å². The van der Waals surface area contributed by atoms with E-state index in [9.17, 15) is 0 Å². The third-order valence-corrected chi connectivity index (χ3v) is 4.73. The highest BCUT2D eigenvalue weighted by atomic mass is 32.2. The largest absolute Gasteiger partial charge is 0.324 e. The van der Waals surface area contributed by atoms with Gasteiger partial charge < -0.3 is 5.73 Å². The Labute approximate surface area is 129 Å². The summed E-state index contributed by atoms with van der Waals surface area (Å²) in [7, 11) is 0. The third kappa shape index (κ3) is 7.96. The van der Waals surface area contributed by atoms with Crippen molar-refractivity contribution in [2.24, 2.45) is 5.73 Å². The van der Waals surface area contributed by atoms with Crippen LogP contribution in [0.2, 0.25) is 0 Å². The zero-order valence-electron chi connectivity index (χ0n) is 13.2. The normalized spacial score (nSPS) is 12.6. The molecule has 0 spiro atoms. The van der Waals surface area contributed by atoms with Crippen molar-refractivity contribution in [3.05, 3.63) is 29.8 Å². The van der Waals surface area contributed by atoms with E-state index in [4.69, 9.17) is 5.73 Å². The van der Waals surface area contributed by atoms with Crippen LogP contribution in [-0.2, 0) is 0 Å². The van der Waals surface area contributed by atoms with Gasteiger partial charge in [0.2, 0.25) is 0 Å². The second-order valence-corrected chi connectivity index (χ2v) is 6.85. The van der Waals surface area contributed by atoms with Crippen LogP contribution in [0, 0.1) is 0 Å². The molecule has 20 heavy (non-hydrogen) atoms. The minimum absolute atomic E-state index is 0.138. The first kappa shape index (κ1) is 17.6. The van der Waals surface area contributed by atoms with Crippen molar-refractivity contribution in [1.29, 1.82) is 0 Å². The van der Waals surface area contributed by atoms with Crippen LogP contribution in [0.1, 0.15) is 76.8 Å². The van der Waals surface area contributed by atoms with Gasteiger partial charge in [-0.05, 0) is 36.8 Å². The molecule has 0 saturated heterocycles. The van der Waals surface area contributed by atoms with E-state index in [1.807, 2.05) is 18.7 Å². The van der Waals surface area contributed by atoms with E-state index in [1.165, 1.54) is 67.6 Å². The van der Waals surface area contributed by atoms with Gasteiger partial charge in [0.15, 0.2) is 0 Å².